The van der Waals surface area contributed by atoms with Crippen LogP contribution in [0.5, 0.6) is 0 Å². The first-order valence-corrected chi connectivity index (χ1v) is 9.18. The van der Waals surface area contributed by atoms with E-state index in [-0.39, 0.29) is 10.8 Å². The van der Waals surface area contributed by atoms with Crippen LogP contribution in [0.4, 0.5) is 5.69 Å². The first-order valence-electron chi connectivity index (χ1n) is 7.70. The summed E-state index contributed by atoms with van der Waals surface area (Å²) in [6, 6.07) is 13.2. The van der Waals surface area contributed by atoms with Gasteiger partial charge in [0, 0.05) is 41.9 Å². The Hall–Kier alpha value is -2.80. The van der Waals surface area contributed by atoms with Crippen molar-refractivity contribution in [1.29, 1.82) is 0 Å². The third kappa shape index (κ3) is 3.51. The Labute approximate surface area is 146 Å². The molecule has 0 atom stereocenters. The number of anilines is 1. The highest BCUT2D eigenvalue weighted by Crippen LogP contribution is 2.23. The average molecular weight is 357 g/mol. The van der Waals surface area contributed by atoms with Crippen molar-refractivity contribution >= 4 is 32.5 Å². The quantitative estimate of drug-likeness (QED) is 0.753. The summed E-state index contributed by atoms with van der Waals surface area (Å²) in [5.41, 5.74) is 2.74. The summed E-state index contributed by atoms with van der Waals surface area (Å²) in [6.07, 6.45) is 0. The lowest BCUT2D eigenvalue weighted by Gasteiger charge is -2.12. The fourth-order valence-corrected chi connectivity index (χ4v) is 3.70. The molecule has 0 bridgehead atoms. The number of rotatable bonds is 4. The molecule has 0 aliphatic heterocycles. The topological polar surface area (TPSA) is 82.3 Å². The molecule has 0 aliphatic rings. The molecule has 0 unspecified atom stereocenters. The molecule has 0 saturated heterocycles. The maximum atomic E-state index is 12.6. The van der Waals surface area contributed by atoms with Crippen molar-refractivity contribution in [3.63, 3.8) is 0 Å². The molecule has 0 fully saturated rings. The Morgan fingerprint density at radius 3 is 2.56 bits per heavy atom. The predicted molar refractivity (Wildman–Crippen MR) is 98.3 cm³/mol. The third-order valence-electron chi connectivity index (χ3n) is 3.81. The molecule has 1 heterocycles. The number of fused-ring (bicyclic) bond motifs is 1. The first-order chi connectivity index (χ1) is 11.8. The lowest BCUT2D eigenvalue weighted by molar-refractivity contribution is 0.0827. The summed E-state index contributed by atoms with van der Waals surface area (Å²) in [5, 5.41) is 0.925. The van der Waals surface area contributed by atoms with E-state index in [0.29, 0.717) is 11.3 Å². The summed E-state index contributed by atoms with van der Waals surface area (Å²) in [7, 11) is -0.546. The van der Waals surface area contributed by atoms with Crippen LogP contribution in [0.1, 0.15) is 16.1 Å². The molecule has 7 heteroatoms. The number of sulfonamides is 1. The number of amides is 1. The van der Waals surface area contributed by atoms with Crippen molar-refractivity contribution in [1.82, 2.24) is 9.88 Å². The van der Waals surface area contributed by atoms with Gasteiger partial charge in [-0.25, -0.2) is 8.42 Å². The number of aromatic nitrogens is 1. The van der Waals surface area contributed by atoms with Crippen LogP contribution in [-0.2, 0) is 10.0 Å². The van der Waals surface area contributed by atoms with Crippen LogP contribution in [0.15, 0.2) is 53.4 Å². The highest BCUT2D eigenvalue weighted by Gasteiger charge is 2.17. The molecule has 2 N–H and O–H groups in total. The molecule has 0 aliphatic carbocycles. The van der Waals surface area contributed by atoms with Crippen LogP contribution in [0.3, 0.4) is 0 Å². The van der Waals surface area contributed by atoms with Gasteiger partial charge in [0.2, 0.25) is 0 Å². The summed E-state index contributed by atoms with van der Waals surface area (Å²) in [4.78, 5) is 16.7. The largest absolute Gasteiger partial charge is 0.359 e. The number of carbonyl (C=O) groups is 1. The van der Waals surface area contributed by atoms with Crippen molar-refractivity contribution in [2.24, 2.45) is 0 Å². The second-order valence-corrected chi connectivity index (χ2v) is 7.77. The Morgan fingerprint density at radius 2 is 1.84 bits per heavy atom. The number of aryl methyl sites for hydroxylation is 1. The van der Waals surface area contributed by atoms with Gasteiger partial charge < -0.3 is 9.88 Å². The van der Waals surface area contributed by atoms with E-state index in [2.05, 4.69) is 9.71 Å². The van der Waals surface area contributed by atoms with Crippen LogP contribution >= 0.6 is 0 Å². The van der Waals surface area contributed by atoms with Gasteiger partial charge in [-0.05, 0) is 49.4 Å². The number of carbonyl (C=O) groups excluding carboxylic acids is 1. The van der Waals surface area contributed by atoms with Crippen LogP contribution in [-0.4, -0.2) is 38.3 Å². The van der Waals surface area contributed by atoms with Gasteiger partial charge in [0.1, 0.15) is 0 Å². The van der Waals surface area contributed by atoms with Gasteiger partial charge >= 0.3 is 0 Å². The van der Waals surface area contributed by atoms with Crippen LogP contribution in [0.2, 0.25) is 0 Å². The molecular weight excluding hydrogens is 338 g/mol. The molecule has 1 aromatic heterocycles. The minimum atomic E-state index is -3.79. The van der Waals surface area contributed by atoms with E-state index in [0.717, 1.165) is 16.6 Å². The third-order valence-corrected chi connectivity index (χ3v) is 5.18. The molecular formula is C18H19N3O3S. The zero-order valence-corrected chi connectivity index (χ0v) is 15.0. The lowest BCUT2D eigenvalue weighted by atomic mass is 10.2. The maximum absolute atomic E-state index is 12.6. The second kappa shape index (κ2) is 6.25. The van der Waals surface area contributed by atoms with E-state index in [1.165, 1.54) is 17.0 Å². The van der Waals surface area contributed by atoms with Gasteiger partial charge in [-0.3, -0.25) is 9.52 Å². The monoisotopic (exact) mass is 357 g/mol. The molecule has 130 valence electrons. The number of nitrogens with one attached hydrogen (secondary N) is 2. The fraction of sp³-hybridized carbons (Fsp3) is 0.167. The molecule has 6 nitrogen and oxygen atoms in total. The highest BCUT2D eigenvalue weighted by molar-refractivity contribution is 7.92. The van der Waals surface area contributed by atoms with E-state index < -0.39 is 10.0 Å². The number of benzene rings is 2. The number of nitrogens with zero attached hydrogens (tertiary/aromatic N) is 1. The normalized spacial score (nSPS) is 11.5. The minimum absolute atomic E-state index is 0.0468. The van der Waals surface area contributed by atoms with E-state index in [1.54, 1.807) is 38.4 Å². The molecule has 1 amide bonds. The molecule has 0 saturated carbocycles. The number of hydrogen-bond donors (Lipinski definition) is 2. The van der Waals surface area contributed by atoms with Gasteiger partial charge in [-0.1, -0.05) is 6.07 Å². The molecule has 25 heavy (non-hydrogen) atoms. The van der Waals surface area contributed by atoms with Crippen LogP contribution < -0.4 is 4.72 Å². The summed E-state index contributed by atoms with van der Waals surface area (Å²) >= 11 is 0. The molecule has 3 aromatic rings. The van der Waals surface area contributed by atoms with Crippen molar-refractivity contribution in [2.45, 2.75) is 11.8 Å². The van der Waals surface area contributed by atoms with Crippen molar-refractivity contribution in [2.75, 3.05) is 18.8 Å². The Kier molecular flexibility index (Phi) is 4.26. The van der Waals surface area contributed by atoms with Gasteiger partial charge in [0.15, 0.2) is 0 Å². The molecule has 2 aromatic carbocycles. The van der Waals surface area contributed by atoms with E-state index in [9.17, 15) is 13.2 Å². The summed E-state index contributed by atoms with van der Waals surface area (Å²) < 4.78 is 27.9. The fourth-order valence-electron chi connectivity index (χ4n) is 2.61. The van der Waals surface area contributed by atoms with E-state index in [4.69, 9.17) is 0 Å². The summed E-state index contributed by atoms with van der Waals surface area (Å²) in [6.45, 7) is 1.94. The minimum Gasteiger partial charge on any atom is -0.359 e. The van der Waals surface area contributed by atoms with Crippen LogP contribution in [0.25, 0.3) is 10.9 Å². The zero-order valence-electron chi connectivity index (χ0n) is 14.2. The van der Waals surface area contributed by atoms with Gasteiger partial charge in [0.05, 0.1) is 4.90 Å². The van der Waals surface area contributed by atoms with E-state index in [1.807, 2.05) is 19.1 Å². The standard InChI is InChI=1S/C18H19N3O3S/c1-12-9-14-10-15(7-8-17(14)19-12)20-25(23,24)16-6-4-5-13(11-16)18(22)21(2)3/h4-11,19-20H,1-3H3. The Bertz CT molecular complexity index is 1050. The second-order valence-electron chi connectivity index (χ2n) is 6.09. The number of H-pyrrole nitrogens is 1. The van der Waals surface area contributed by atoms with Gasteiger partial charge in [-0.2, -0.15) is 0 Å². The first kappa shape index (κ1) is 17.0. The van der Waals surface area contributed by atoms with E-state index >= 15 is 0 Å². The SMILES string of the molecule is Cc1cc2cc(NS(=O)(=O)c3cccc(C(=O)N(C)C)c3)ccc2[nH]1. The van der Waals surface area contributed by atoms with Gasteiger partial charge in [-0.15, -0.1) is 0 Å². The Balaban J connectivity index is 1.92. The predicted octanol–water partition coefficient (Wildman–Crippen LogP) is 2.98. The maximum Gasteiger partial charge on any atom is 0.261 e. The Morgan fingerprint density at radius 1 is 1.08 bits per heavy atom. The van der Waals surface area contributed by atoms with Crippen molar-refractivity contribution in [3.05, 3.63) is 59.8 Å². The highest BCUT2D eigenvalue weighted by atomic mass is 32.2. The smallest absolute Gasteiger partial charge is 0.261 e. The average Bonchev–Trinajstić information content (AvgIpc) is 2.93. The number of aromatic amines is 1. The lowest BCUT2D eigenvalue weighted by Crippen LogP contribution is -2.22. The van der Waals surface area contributed by atoms with Crippen LogP contribution in [0, 0.1) is 6.92 Å². The number of hydrogen-bond acceptors (Lipinski definition) is 3. The molecule has 0 radical (unpaired) electrons. The summed E-state index contributed by atoms with van der Waals surface area (Å²) in [5.74, 6) is -0.249. The molecule has 3 rings (SSSR count). The van der Waals surface area contributed by atoms with Crippen molar-refractivity contribution in [3.8, 4) is 0 Å². The van der Waals surface area contributed by atoms with Crippen molar-refractivity contribution < 1.29 is 13.2 Å². The van der Waals surface area contributed by atoms with Gasteiger partial charge in [0.25, 0.3) is 15.9 Å². The zero-order chi connectivity index (χ0) is 18.2. The molecule has 0 spiro atoms.